The Kier molecular flexibility index (Phi) is 7.98. The third kappa shape index (κ3) is 6.57. The fourth-order valence-electron chi connectivity index (χ4n) is 3.70. The Morgan fingerprint density at radius 3 is 2.74 bits per heavy atom. The topological polar surface area (TPSA) is 120 Å². The minimum absolute atomic E-state index is 0.0492. The Hall–Kier alpha value is -2.92. The number of rotatable bonds is 7. The van der Waals surface area contributed by atoms with Crippen LogP contribution in [-0.2, 0) is 9.53 Å². The number of hydrogen-bond acceptors (Lipinski definition) is 9. The highest BCUT2D eigenvalue weighted by molar-refractivity contribution is 8.18. The number of thioether (sulfide) groups is 1. The van der Waals surface area contributed by atoms with Crippen molar-refractivity contribution in [1.29, 1.82) is 0 Å². The molecular formula is C23H32N4O6S. The molecule has 2 saturated heterocycles. The van der Waals surface area contributed by atoms with E-state index in [0.717, 1.165) is 30.4 Å². The number of methoxy groups -OCH3 is 1. The summed E-state index contributed by atoms with van der Waals surface area (Å²) in [6, 6.07) is 3.46. The molecule has 1 aromatic rings. The predicted octanol–water partition coefficient (Wildman–Crippen LogP) is 2.76. The zero-order chi connectivity index (χ0) is 25.0. The summed E-state index contributed by atoms with van der Waals surface area (Å²) in [7, 11) is 3.19. The van der Waals surface area contributed by atoms with Gasteiger partial charge >= 0.3 is 6.09 Å². The molecular weight excluding hydrogens is 460 g/mol. The number of carbonyl (C=O) groups excluding carboxylic acids is 3. The summed E-state index contributed by atoms with van der Waals surface area (Å²) in [4.78, 5) is 39.6. The molecule has 2 fully saturated rings. The van der Waals surface area contributed by atoms with E-state index < -0.39 is 16.7 Å². The number of phenolic OH excluding ortho intramolecular Hbond substituents is 1. The third-order valence-corrected chi connectivity index (χ3v) is 6.18. The Morgan fingerprint density at radius 2 is 2.12 bits per heavy atom. The molecule has 2 aliphatic heterocycles. The van der Waals surface area contributed by atoms with Crippen LogP contribution in [-0.4, -0.2) is 79.2 Å². The summed E-state index contributed by atoms with van der Waals surface area (Å²) in [6.07, 6.45) is 2.13. The van der Waals surface area contributed by atoms with Crippen LogP contribution < -0.4 is 20.3 Å². The first-order valence-electron chi connectivity index (χ1n) is 11.0. The second-order valence-electron chi connectivity index (χ2n) is 9.22. The molecule has 0 spiro atoms. The van der Waals surface area contributed by atoms with Crippen molar-refractivity contribution in [2.45, 2.75) is 38.8 Å². The van der Waals surface area contributed by atoms with Gasteiger partial charge in [0.25, 0.3) is 11.1 Å². The first-order valence-corrected chi connectivity index (χ1v) is 11.9. The number of ether oxygens (including phenoxy) is 2. The van der Waals surface area contributed by atoms with Crippen molar-refractivity contribution in [1.82, 2.24) is 15.5 Å². The van der Waals surface area contributed by atoms with E-state index in [1.165, 1.54) is 13.2 Å². The normalized spacial score (nSPS) is 19.5. The highest BCUT2D eigenvalue weighted by Crippen LogP contribution is 2.38. The highest BCUT2D eigenvalue weighted by atomic mass is 32.2. The summed E-state index contributed by atoms with van der Waals surface area (Å²) >= 11 is 0.831. The number of imide groups is 1. The minimum atomic E-state index is -0.534. The predicted molar refractivity (Wildman–Crippen MR) is 131 cm³/mol. The highest BCUT2D eigenvalue weighted by Gasteiger charge is 2.28. The molecule has 11 heteroatoms. The van der Waals surface area contributed by atoms with Crippen LogP contribution in [0.2, 0.25) is 0 Å². The summed E-state index contributed by atoms with van der Waals surface area (Å²) in [5.74, 6) is -0.176. The fourth-order valence-corrected chi connectivity index (χ4v) is 4.38. The molecule has 3 amide bonds. The lowest BCUT2D eigenvalue weighted by Gasteiger charge is -2.25. The molecule has 186 valence electrons. The van der Waals surface area contributed by atoms with Gasteiger partial charge in [0.2, 0.25) is 0 Å². The van der Waals surface area contributed by atoms with Gasteiger partial charge in [0.1, 0.15) is 5.60 Å². The number of hydrogen-bond donors (Lipinski definition) is 3. The van der Waals surface area contributed by atoms with Crippen molar-refractivity contribution in [3.8, 4) is 11.5 Å². The fraction of sp³-hybridized carbons (Fsp3) is 0.522. The number of amides is 3. The zero-order valence-electron chi connectivity index (χ0n) is 20.1. The third-order valence-electron chi connectivity index (χ3n) is 5.37. The molecule has 0 aromatic heterocycles. The second kappa shape index (κ2) is 10.6. The molecule has 34 heavy (non-hydrogen) atoms. The smallest absolute Gasteiger partial charge is 0.410 e. The van der Waals surface area contributed by atoms with Crippen LogP contribution in [0.25, 0.3) is 6.08 Å². The van der Waals surface area contributed by atoms with Gasteiger partial charge in [-0.25, -0.2) is 4.79 Å². The Bertz CT molecular complexity index is 990. The van der Waals surface area contributed by atoms with Gasteiger partial charge in [0.05, 0.1) is 12.0 Å². The van der Waals surface area contributed by atoms with Crippen molar-refractivity contribution in [3.63, 3.8) is 0 Å². The Labute approximate surface area is 203 Å². The largest absolute Gasteiger partial charge is 0.504 e. The summed E-state index contributed by atoms with van der Waals surface area (Å²) < 4.78 is 10.7. The van der Waals surface area contributed by atoms with E-state index in [2.05, 4.69) is 15.5 Å². The second-order valence-corrected chi connectivity index (χ2v) is 10.2. The van der Waals surface area contributed by atoms with Crippen LogP contribution >= 0.6 is 11.8 Å². The molecule has 0 radical (unpaired) electrons. The number of aromatic hydroxyl groups is 1. The number of nitrogens with one attached hydrogen (secondary N) is 2. The van der Waals surface area contributed by atoms with Gasteiger partial charge in [-0.05, 0) is 51.1 Å². The van der Waals surface area contributed by atoms with Crippen LogP contribution in [0.1, 0.15) is 32.8 Å². The molecule has 2 aliphatic rings. The molecule has 1 unspecified atom stereocenters. The maximum absolute atomic E-state index is 12.1. The molecule has 0 aliphatic carbocycles. The van der Waals surface area contributed by atoms with Gasteiger partial charge in [-0.2, -0.15) is 0 Å². The van der Waals surface area contributed by atoms with Crippen molar-refractivity contribution < 1.29 is 29.0 Å². The van der Waals surface area contributed by atoms with Gasteiger partial charge in [-0.15, -0.1) is 0 Å². The number of carbonyl (C=O) groups is 3. The van der Waals surface area contributed by atoms with E-state index >= 15 is 0 Å². The van der Waals surface area contributed by atoms with Crippen LogP contribution in [0.4, 0.5) is 15.3 Å². The average Bonchev–Trinajstić information content (AvgIpc) is 3.32. The molecule has 2 heterocycles. The van der Waals surface area contributed by atoms with E-state index in [1.807, 2.05) is 20.8 Å². The number of phenols is 1. The molecule has 10 nitrogen and oxygen atoms in total. The standard InChI is InChI=1S/C23H32N4O6S/c1-23(2,3)33-22(31)26(4)9-7-24-15-6-8-27(13-15)16-12-18(32-5)17(28)10-14(16)11-19-20(29)25-21(30)34-19/h10-12,15,24,28H,6-9,13H2,1-5H3,(H,25,29,30). The quantitative estimate of drug-likeness (QED) is 0.494. The average molecular weight is 493 g/mol. The van der Waals surface area contributed by atoms with Crippen LogP contribution in [0, 0.1) is 0 Å². The SMILES string of the molecule is COc1cc(N2CCC(NCCN(C)C(=O)OC(C)(C)C)C2)c(C=C2SC(=O)NC2=O)cc1O. The van der Waals surface area contributed by atoms with Crippen molar-refractivity contribution in [3.05, 3.63) is 22.6 Å². The van der Waals surface area contributed by atoms with E-state index in [9.17, 15) is 19.5 Å². The summed E-state index contributed by atoms with van der Waals surface area (Å²) in [5.41, 5.74) is 0.884. The molecule has 1 atom stereocenters. The Balaban J connectivity index is 1.65. The van der Waals surface area contributed by atoms with Gasteiger partial charge in [0.15, 0.2) is 11.5 Å². The summed E-state index contributed by atoms with van der Waals surface area (Å²) in [6.45, 7) is 8.08. The number of benzene rings is 1. The lowest BCUT2D eigenvalue weighted by molar-refractivity contribution is -0.115. The van der Waals surface area contributed by atoms with Crippen LogP contribution in [0.3, 0.4) is 0 Å². The maximum Gasteiger partial charge on any atom is 0.410 e. The van der Waals surface area contributed by atoms with E-state index in [-0.39, 0.29) is 22.8 Å². The van der Waals surface area contributed by atoms with Crippen LogP contribution in [0.5, 0.6) is 11.5 Å². The lowest BCUT2D eigenvalue weighted by atomic mass is 10.1. The minimum Gasteiger partial charge on any atom is -0.504 e. The zero-order valence-corrected chi connectivity index (χ0v) is 21.0. The monoisotopic (exact) mass is 492 g/mol. The van der Waals surface area contributed by atoms with Crippen molar-refractivity contribution in [2.24, 2.45) is 0 Å². The first kappa shape index (κ1) is 25.7. The molecule has 3 rings (SSSR count). The first-order chi connectivity index (χ1) is 16.0. The van der Waals surface area contributed by atoms with Gasteiger partial charge in [-0.1, -0.05) is 0 Å². The van der Waals surface area contributed by atoms with Crippen molar-refractivity contribution >= 4 is 40.8 Å². The van der Waals surface area contributed by atoms with E-state index in [1.54, 1.807) is 24.1 Å². The molecule has 1 aromatic carbocycles. The van der Waals surface area contributed by atoms with Gasteiger partial charge in [0, 0.05) is 56.6 Å². The maximum atomic E-state index is 12.1. The number of likely N-dealkylation sites (N-methyl/N-ethyl adjacent to an activating group) is 1. The van der Waals surface area contributed by atoms with E-state index in [4.69, 9.17) is 9.47 Å². The molecule has 0 saturated carbocycles. The summed E-state index contributed by atoms with van der Waals surface area (Å²) in [5, 5.41) is 15.6. The van der Waals surface area contributed by atoms with Crippen molar-refractivity contribution in [2.75, 3.05) is 45.2 Å². The van der Waals surface area contributed by atoms with E-state index in [0.29, 0.717) is 30.9 Å². The van der Waals surface area contributed by atoms with Gasteiger partial charge in [-0.3, -0.25) is 14.9 Å². The lowest BCUT2D eigenvalue weighted by Crippen LogP contribution is -2.41. The van der Waals surface area contributed by atoms with Gasteiger partial charge < -0.3 is 29.7 Å². The van der Waals surface area contributed by atoms with Crippen LogP contribution in [0.15, 0.2) is 17.0 Å². The Morgan fingerprint density at radius 1 is 1.38 bits per heavy atom. The number of nitrogens with zero attached hydrogens (tertiary/aromatic N) is 2. The molecule has 3 N–H and O–H groups in total. The molecule has 0 bridgehead atoms. The number of anilines is 1.